The third-order valence-electron chi connectivity index (χ3n) is 5.07. The summed E-state index contributed by atoms with van der Waals surface area (Å²) in [6.45, 7) is 3.21. The summed E-state index contributed by atoms with van der Waals surface area (Å²) in [5.41, 5.74) is 1.92. The molecule has 0 radical (unpaired) electrons. The fourth-order valence-electron chi connectivity index (χ4n) is 3.31. The largest absolute Gasteiger partial charge is 0.496 e. The van der Waals surface area contributed by atoms with Gasteiger partial charge in [0.05, 0.1) is 33.8 Å². The average Bonchev–Trinajstić information content (AvgIpc) is 2.79. The van der Waals surface area contributed by atoms with Crippen LogP contribution in [0.3, 0.4) is 0 Å². The Bertz CT molecular complexity index is 1250. The summed E-state index contributed by atoms with van der Waals surface area (Å²) in [6, 6.07) is 17.7. The number of hydrogen-bond donors (Lipinski definition) is 1. The van der Waals surface area contributed by atoms with E-state index >= 15 is 0 Å². The zero-order valence-electron chi connectivity index (χ0n) is 18.4. The number of nitrogens with zero attached hydrogens (tertiary/aromatic N) is 1. The first-order chi connectivity index (χ1) is 15.6. The average molecular weight is 507 g/mol. The van der Waals surface area contributed by atoms with Crippen LogP contribution < -0.4 is 14.4 Å². The third kappa shape index (κ3) is 5.79. The number of anilines is 1. The highest BCUT2D eigenvalue weighted by molar-refractivity contribution is 7.92. The molecular formula is C24H24Cl2N2O4S. The first-order valence-electron chi connectivity index (χ1n) is 10.1. The van der Waals surface area contributed by atoms with Gasteiger partial charge in [0.2, 0.25) is 5.91 Å². The number of rotatable bonds is 8. The second kappa shape index (κ2) is 10.5. The molecule has 0 heterocycles. The van der Waals surface area contributed by atoms with E-state index in [1.165, 1.54) is 30.3 Å². The van der Waals surface area contributed by atoms with Crippen LogP contribution in [0.5, 0.6) is 5.75 Å². The van der Waals surface area contributed by atoms with Crippen molar-refractivity contribution in [3.8, 4) is 5.75 Å². The second-order valence-electron chi connectivity index (χ2n) is 7.45. The molecule has 0 spiro atoms. The molecule has 0 aliphatic heterocycles. The van der Waals surface area contributed by atoms with E-state index < -0.39 is 28.5 Å². The molecule has 0 aliphatic rings. The molecule has 1 atom stereocenters. The SMILES string of the molecule is COc1ccccc1[C@H](C)NC(=O)CN(c1ccc(Cl)c(Cl)c1)S(=O)(=O)c1ccc(C)cc1. The predicted molar refractivity (Wildman–Crippen MR) is 132 cm³/mol. The first-order valence-corrected chi connectivity index (χ1v) is 12.3. The van der Waals surface area contributed by atoms with Crippen LogP contribution in [0.1, 0.15) is 24.1 Å². The van der Waals surface area contributed by atoms with Gasteiger partial charge in [0.15, 0.2) is 0 Å². The third-order valence-corrected chi connectivity index (χ3v) is 7.60. The molecule has 0 unspecified atom stereocenters. The quantitative estimate of drug-likeness (QED) is 0.444. The molecule has 1 amide bonds. The Kier molecular flexibility index (Phi) is 7.89. The summed E-state index contributed by atoms with van der Waals surface area (Å²) in [5, 5.41) is 3.31. The van der Waals surface area contributed by atoms with Crippen LogP contribution in [0.15, 0.2) is 71.6 Å². The number of carbonyl (C=O) groups is 1. The summed E-state index contributed by atoms with van der Waals surface area (Å²) >= 11 is 12.2. The van der Waals surface area contributed by atoms with E-state index in [0.29, 0.717) is 5.75 Å². The standard InChI is InChI=1S/C24H24Cl2N2O4S/c1-16-8-11-19(12-9-16)33(30,31)28(18-10-13-21(25)22(26)14-18)15-24(29)27-17(2)20-6-4-5-7-23(20)32-3/h4-14,17H,15H2,1-3H3,(H,27,29)/t17-/m0/s1. The van der Waals surface area contributed by atoms with Gasteiger partial charge in [-0.15, -0.1) is 0 Å². The number of sulfonamides is 1. The summed E-state index contributed by atoms with van der Waals surface area (Å²) in [4.78, 5) is 13.0. The van der Waals surface area contributed by atoms with Crippen molar-refractivity contribution in [2.75, 3.05) is 18.0 Å². The van der Waals surface area contributed by atoms with E-state index in [1.807, 2.05) is 25.1 Å². The maximum Gasteiger partial charge on any atom is 0.264 e. The van der Waals surface area contributed by atoms with Gasteiger partial charge in [0.25, 0.3) is 10.0 Å². The fraction of sp³-hybridized carbons (Fsp3) is 0.208. The molecule has 3 aromatic rings. The lowest BCUT2D eigenvalue weighted by Gasteiger charge is -2.25. The predicted octanol–water partition coefficient (Wildman–Crippen LogP) is 5.38. The molecule has 0 saturated heterocycles. The van der Waals surface area contributed by atoms with Gasteiger partial charge in [-0.3, -0.25) is 9.10 Å². The number of nitrogens with one attached hydrogen (secondary N) is 1. The number of ether oxygens (including phenoxy) is 1. The summed E-state index contributed by atoms with van der Waals surface area (Å²) in [6.07, 6.45) is 0. The maximum absolute atomic E-state index is 13.5. The Morgan fingerprint density at radius 2 is 1.70 bits per heavy atom. The molecule has 33 heavy (non-hydrogen) atoms. The van der Waals surface area contributed by atoms with E-state index in [4.69, 9.17) is 27.9 Å². The van der Waals surface area contributed by atoms with E-state index in [9.17, 15) is 13.2 Å². The zero-order chi connectivity index (χ0) is 24.2. The van der Waals surface area contributed by atoms with Gasteiger partial charge in [0.1, 0.15) is 12.3 Å². The van der Waals surface area contributed by atoms with E-state index in [2.05, 4.69) is 5.32 Å². The normalized spacial score (nSPS) is 12.2. The van der Waals surface area contributed by atoms with E-state index in [-0.39, 0.29) is 20.6 Å². The molecule has 3 rings (SSSR count). The molecule has 3 aromatic carbocycles. The zero-order valence-corrected chi connectivity index (χ0v) is 20.7. The van der Waals surface area contributed by atoms with Crippen LogP contribution in [-0.2, 0) is 14.8 Å². The molecule has 6 nitrogen and oxygen atoms in total. The minimum Gasteiger partial charge on any atom is -0.496 e. The minimum atomic E-state index is -4.06. The Labute approximate surface area is 204 Å². The number of hydrogen-bond acceptors (Lipinski definition) is 4. The lowest BCUT2D eigenvalue weighted by molar-refractivity contribution is -0.120. The topological polar surface area (TPSA) is 75.7 Å². The van der Waals surface area contributed by atoms with Crippen LogP contribution in [0.4, 0.5) is 5.69 Å². The first kappa shape index (κ1) is 24.9. The van der Waals surface area contributed by atoms with E-state index in [0.717, 1.165) is 15.4 Å². The van der Waals surface area contributed by atoms with Gasteiger partial charge in [-0.1, -0.05) is 59.1 Å². The molecule has 1 N–H and O–H groups in total. The summed E-state index contributed by atoms with van der Waals surface area (Å²) in [5.74, 6) is 0.133. The molecule has 0 saturated carbocycles. The van der Waals surface area contributed by atoms with Crippen molar-refractivity contribution < 1.29 is 17.9 Å². The summed E-state index contributed by atoms with van der Waals surface area (Å²) in [7, 11) is -2.51. The van der Waals surface area contributed by atoms with Crippen molar-refractivity contribution in [3.05, 3.63) is 87.9 Å². The van der Waals surface area contributed by atoms with Gasteiger partial charge >= 0.3 is 0 Å². The molecule has 0 bridgehead atoms. The van der Waals surface area contributed by atoms with Crippen molar-refractivity contribution in [2.45, 2.75) is 24.8 Å². The number of para-hydroxylation sites is 1. The number of methoxy groups -OCH3 is 1. The van der Waals surface area contributed by atoms with Crippen molar-refractivity contribution in [2.24, 2.45) is 0 Å². The molecular weight excluding hydrogens is 483 g/mol. The molecule has 9 heteroatoms. The van der Waals surface area contributed by atoms with Crippen molar-refractivity contribution in [3.63, 3.8) is 0 Å². The van der Waals surface area contributed by atoms with Crippen molar-refractivity contribution in [1.29, 1.82) is 0 Å². The maximum atomic E-state index is 13.5. The highest BCUT2D eigenvalue weighted by Crippen LogP contribution is 2.31. The molecule has 0 fully saturated rings. The van der Waals surface area contributed by atoms with Crippen molar-refractivity contribution in [1.82, 2.24) is 5.32 Å². The van der Waals surface area contributed by atoms with Gasteiger partial charge in [0, 0.05) is 5.56 Å². The Balaban J connectivity index is 1.93. The Hall–Kier alpha value is -2.74. The van der Waals surface area contributed by atoms with Crippen LogP contribution in [0.2, 0.25) is 10.0 Å². The van der Waals surface area contributed by atoms with Crippen molar-refractivity contribution >= 4 is 44.8 Å². The van der Waals surface area contributed by atoms with E-state index in [1.54, 1.807) is 32.2 Å². The minimum absolute atomic E-state index is 0.0600. The van der Waals surface area contributed by atoms with Gasteiger partial charge in [-0.25, -0.2) is 8.42 Å². The number of amides is 1. The lowest BCUT2D eigenvalue weighted by Crippen LogP contribution is -2.41. The highest BCUT2D eigenvalue weighted by Gasteiger charge is 2.28. The van der Waals surface area contributed by atoms with Crippen LogP contribution in [-0.4, -0.2) is 28.0 Å². The lowest BCUT2D eigenvalue weighted by atomic mass is 10.1. The molecule has 174 valence electrons. The van der Waals surface area contributed by atoms with Crippen LogP contribution >= 0.6 is 23.2 Å². The van der Waals surface area contributed by atoms with Gasteiger partial charge in [-0.05, 0) is 50.2 Å². The Morgan fingerprint density at radius 3 is 2.33 bits per heavy atom. The number of aryl methyl sites for hydroxylation is 1. The highest BCUT2D eigenvalue weighted by atomic mass is 35.5. The smallest absolute Gasteiger partial charge is 0.264 e. The van der Waals surface area contributed by atoms with Gasteiger partial charge < -0.3 is 10.1 Å². The second-order valence-corrected chi connectivity index (χ2v) is 10.1. The number of benzene rings is 3. The van der Waals surface area contributed by atoms with Gasteiger partial charge in [-0.2, -0.15) is 0 Å². The number of carbonyl (C=O) groups excluding carboxylic acids is 1. The molecule has 0 aromatic heterocycles. The number of halogens is 2. The molecule has 0 aliphatic carbocycles. The van der Waals surface area contributed by atoms with Crippen LogP contribution in [0.25, 0.3) is 0 Å². The Morgan fingerprint density at radius 1 is 1.03 bits per heavy atom. The summed E-state index contributed by atoms with van der Waals surface area (Å²) < 4.78 is 33.3. The fourth-order valence-corrected chi connectivity index (χ4v) is 5.02. The van der Waals surface area contributed by atoms with Crippen LogP contribution in [0, 0.1) is 6.92 Å². The monoisotopic (exact) mass is 506 g/mol.